The minimum atomic E-state index is -0.211. The Morgan fingerprint density at radius 1 is 1.46 bits per heavy atom. The second-order valence-electron chi connectivity index (χ2n) is 3.77. The third-order valence-corrected chi connectivity index (χ3v) is 2.44. The summed E-state index contributed by atoms with van der Waals surface area (Å²) in [4.78, 5) is 0. The van der Waals surface area contributed by atoms with Crippen molar-refractivity contribution in [1.82, 2.24) is 10.2 Å². The zero-order valence-corrected chi connectivity index (χ0v) is 7.77. The maximum atomic E-state index is 9.64. The van der Waals surface area contributed by atoms with E-state index < -0.39 is 0 Å². The van der Waals surface area contributed by atoms with Gasteiger partial charge < -0.3 is 5.11 Å². The Hall–Kier alpha value is -0.960. The van der Waals surface area contributed by atoms with Crippen LogP contribution in [-0.4, -0.2) is 21.4 Å². The number of nitrogens with zero attached hydrogens (tertiary/aromatic N) is 2. The van der Waals surface area contributed by atoms with Gasteiger partial charge in [0.05, 0.1) is 17.5 Å². The van der Waals surface area contributed by atoms with Crippen LogP contribution in [0.5, 0.6) is 0 Å². The molecule has 0 amide bonds. The fraction of sp³-hybridized carbons (Fsp3) is 0.600. The molecule has 1 saturated carbocycles. The van der Waals surface area contributed by atoms with E-state index in [1.54, 1.807) is 0 Å². The molecule has 1 atom stereocenters. The van der Waals surface area contributed by atoms with Crippen molar-refractivity contribution >= 4 is 0 Å². The first kappa shape index (κ1) is 8.63. The van der Waals surface area contributed by atoms with E-state index in [0.717, 1.165) is 11.4 Å². The smallest absolute Gasteiger partial charge is 0.0657 e. The average molecular weight is 178 g/mol. The Balaban J connectivity index is 1.96. The molecule has 1 heterocycles. The number of rotatable bonds is 3. The van der Waals surface area contributed by atoms with Crippen LogP contribution >= 0.6 is 0 Å². The molecule has 2 rings (SSSR count). The number of aliphatic hydroxyl groups excluding tert-OH is 1. The SMILES string of the molecule is Cc1ccc(CC(O)C2CC2)nn1. The van der Waals surface area contributed by atoms with Gasteiger partial charge in [-0.15, -0.1) is 0 Å². The second kappa shape index (κ2) is 3.42. The first-order valence-electron chi connectivity index (χ1n) is 4.73. The monoisotopic (exact) mass is 178 g/mol. The van der Waals surface area contributed by atoms with E-state index >= 15 is 0 Å². The lowest BCUT2D eigenvalue weighted by Gasteiger charge is -2.07. The number of hydrogen-bond donors (Lipinski definition) is 1. The van der Waals surface area contributed by atoms with Crippen LogP contribution in [0, 0.1) is 12.8 Å². The van der Waals surface area contributed by atoms with Crippen molar-refractivity contribution in [2.75, 3.05) is 0 Å². The molecular formula is C10H14N2O. The second-order valence-corrected chi connectivity index (χ2v) is 3.77. The highest BCUT2D eigenvalue weighted by atomic mass is 16.3. The quantitative estimate of drug-likeness (QED) is 0.753. The van der Waals surface area contributed by atoms with Crippen molar-refractivity contribution in [1.29, 1.82) is 0 Å². The summed E-state index contributed by atoms with van der Waals surface area (Å²) < 4.78 is 0. The van der Waals surface area contributed by atoms with Crippen LogP contribution in [0.4, 0.5) is 0 Å². The predicted octanol–water partition coefficient (Wildman–Crippen LogP) is 1.10. The van der Waals surface area contributed by atoms with E-state index in [2.05, 4.69) is 10.2 Å². The highest BCUT2D eigenvalue weighted by Crippen LogP contribution is 2.33. The molecule has 1 fully saturated rings. The van der Waals surface area contributed by atoms with E-state index in [-0.39, 0.29) is 6.10 Å². The van der Waals surface area contributed by atoms with E-state index in [4.69, 9.17) is 0 Å². The van der Waals surface area contributed by atoms with Crippen molar-refractivity contribution < 1.29 is 5.11 Å². The molecule has 70 valence electrons. The molecule has 0 radical (unpaired) electrons. The van der Waals surface area contributed by atoms with Gasteiger partial charge in [0.2, 0.25) is 0 Å². The van der Waals surface area contributed by atoms with Crippen LogP contribution in [0.15, 0.2) is 12.1 Å². The molecule has 1 aromatic rings. The Kier molecular flexibility index (Phi) is 2.27. The van der Waals surface area contributed by atoms with Crippen LogP contribution in [0.25, 0.3) is 0 Å². The molecule has 1 aromatic heterocycles. The van der Waals surface area contributed by atoms with Crippen molar-refractivity contribution in [3.05, 3.63) is 23.5 Å². The highest BCUT2D eigenvalue weighted by molar-refractivity contribution is 5.07. The fourth-order valence-electron chi connectivity index (χ4n) is 1.40. The van der Waals surface area contributed by atoms with Crippen molar-refractivity contribution in [2.24, 2.45) is 5.92 Å². The number of aliphatic hydroxyl groups is 1. The molecule has 3 nitrogen and oxygen atoms in total. The Morgan fingerprint density at radius 2 is 2.23 bits per heavy atom. The van der Waals surface area contributed by atoms with Gasteiger partial charge in [-0.1, -0.05) is 0 Å². The summed E-state index contributed by atoms with van der Waals surface area (Å²) in [6.45, 7) is 1.91. The van der Waals surface area contributed by atoms with Gasteiger partial charge in [-0.2, -0.15) is 10.2 Å². The van der Waals surface area contributed by atoms with E-state index in [1.807, 2.05) is 19.1 Å². The first-order chi connectivity index (χ1) is 6.25. The normalized spacial score (nSPS) is 18.6. The maximum Gasteiger partial charge on any atom is 0.0657 e. The summed E-state index contributed by atoms with van der Waals surface area (Å²) in [6, 6.07) is 3.87. The molecule has 0 aromatic carbocycles. The average Bonchev–Trinajstić information content (AvgIpc) is 2.91. The maximum absolute atomic E-state index is 9.64. The van der Waals surface area contributed by atoms with Crippen LogP contribution in [0.1, 0.15) is 24.2 Å². The molecule has 1 unspecified atom stereocenters. The highest BCUT2D eigenvalue weighted by Gasteiger charge is 2.29. The Labute approximate surface area is 77.8 Å². The molecule has 1 aliphatic rings. The predicted molar refractivity (Wildman–Crippen MR) is 49.2 cm³/mol. The molecule has 1 aliphatic carbocycles. The number of aromatic nitrogens is 2. The number of hydrogen-bond acceptors (Lipinski definition) is 3. The summed E-state index contributed by atoms with van der Waals surface area (Å²) in [6.07, 6.45) is 2.77. The molecule has 3 heteroatoms. The molecule has 13 heavy (non-hydrogen) atoms. The van der Waals surface area contributed by atoms with Crippen molar-refractivity contribution in [2.45, 2.75) is 32.3 Å². The summed E-state index contributed by atoms with van der Waals surface area (Å²) >= 11 is 0. The number of aryl methyl sites for hydroxylation is 1. The third kappa shape index (κ3) is 2.25. The third-order valence-electron chi connectivity index (χ3n) is 2.44. The summed E-state index contributed by atoms with van der Waals surface area (Å²) in [7, 11) is 0. The van der Waals surface area contributed by atoms with Crippen molar-refractivity contribution in [3.63, 3.8) is 0 Å². The zero-order chi connectivity index (χ0) is 9.26. The minimum Gasteiger partial charge on any atom is -0.392 e. The molecule has 1 N–H and O–H groups in total. The minimum absolute atomic E-state index is 0.211. The molecule has 0 bridgehead atoms. The van der Waals surface area contributed by atoms with E-state index in [0.29, 0.717) is 12.3 Å². The van der Waals surface area contributed by atoms with Gasteiger partial charge in [-0.05, 0) is 37.8 Å². The molecule has 0 saturated heterocycles. The molecule has 0 spiro atoms. The van der Waals surface area contributed by atoms with Crippen LogP contribution in [0.3, 0.4) is 0 Å². The van der Waals surface area contributed by atoms with E-state index in [9.17, 15) is 5.11 Å². The molecular weight excluding hydrogens is 164 g/mol. The summed E-state index contributed by atoms with van der Waals surface area (Å²) in [5, 5.41) is 17.6. The van der Waals surface area contributed by atoms with Gasteiger partial charge >= 0.3 is 0 Å². The lowest BCUT2D eigenvalue weighted by atomic mass is 10.1. The largest absolute Gasteiger partial charge is 0.392 e. The van der Waals surface area contributed by atoms with Crippen LogP contribution in [-0.2, 0) is 6.42 Å². The van der Waals surface area contributed by atoms with Gasteiger partial charge in [0.15, 0.2) is 0 Å². The standard InChI is InChI=1S/C10H14N2O/c1-7-2-5-9(12-11-7)6-10(13)8-3-4-8/h2,5,8,10,13H,3-4,6H2,1H3. The fourth-order valence-corrected chi connectivity index (χ4v) is 1.40. The van der Waals surface area contributed by atoms with Gasteiger partial charge in [-0.3, -0.25) is 0 Å². The lowest BCUT2D eigenvalue weighted by molar-refractivity contribution is 0.150. The van der Waals surface area contributed by atoms with Gasteiger partial charge in [0.1, 0.15) is 0 Å². The Bertz CT molecular complexity index is 279. The van der Waals surface area contributed by atoms with Gasteiger partial charge in [0, 0.05) is 6.42 Å². The van der Waals surface area contributed by atoms with Crippen LogP contribution in [0.2, 0.25) is 0 Å². The van der Waals surface area contributed by atoms with Gasteiger partial charge in [-0.25, -0.2) is 0 Å². The Morgan fingerprint density at radius 3 is 2.77 bits per heavy atom. The first-order valence-corrected chi connectivity index (χ1v) is 4.73. The van der Waals surface area contributed by atoms with Gasteiger partial charge in [0.25, 0.3) is 0 Å². The van der Waals surface area contributed by atoms with Crippen molar-refractivity contribution in [3.8, 4) is 0 Å². The summed E-state index contributed by atoms with van der Waals surface area (Å²) in [5.74, 6) is 0.517. The van der Waals surface area contributed by atoms with E-state index in [1.165, 1.54) is 12.8 Å². The zero-order valence-electron chi connectivity index (χ0n) is 7.77. The lowest BCUT2D eigenvalue weighted by Crippen LogP contribution is -2.14. The topological polar surface area (TPSA) is 46.0 Å². The summed E-state index contributed by atoms with van der Waals surface area (Å²) in [5.41, 5.74) is 1.81. The molecule has 0 aliphatic heterocycles. The van der Waals surface area contributed by atoms with Crippen LogP contribution < -0.4 is 0 Å².